The van der Waals surface area contributed by atoms with Crippen LogP contribution in [0.25, 0.3) is 0 Å². The van der Waals surface area contributed by atoms with E-state index in [1.165, 1.54) is 4.47 Å². The summed E-state index contributed by atoms with van der Waals surface area (Å²) in [5.74, 6) is 0.0621. The molecule has 0 radical (unpaired) electrons. The summed E-state index contributed by atoms with van der Waals surface area (Å²) < 4.78 is 33.0. The van der Waals surface area contributed by atoms with Gasteiger partial charge in [0.25, 0.3) is 10.9 Å². The van der Waals surface area contributed by atoms with Crippen molar-refractivity contribution in [1.82, 2.24) is 14.4 Å². The van der Waals surface area contributed by atoms with E-state index in [0.29, 0.717) is 50.7 Å². The second kappa shape index (κ2) is 14.1. The number of pyridine rings is 1. The molecule has 0 atom stereocenters. The van der Waals surface area contributed by atoms with E-state index in [-0.39, 0.29) is 17.5 Å². The second-order valence-corrected chi connectivity index (χ2v) is 11.8. The lowest BCUT2D eigenvalue weighted by Crippen LogP contribution is -2.43. The van der Waals surface area contributed by atoms with Gasteiger partial charge in [0.1, 0.15) is 11.4 Å². The van der Waals surface area contributed by atoms with Crippen LogP contribution in [-0.4, -0.2) is 80.6 Å². The maximum Gasteiger partial charge on any atom is 0.253 e. The van der Waals surface area contributed by atoms with Gasteiger partial charge in [-0.05, 0) is 37.8 Å². The molecule has 4 rings (SSSR count). The Morgan fingerprint density at radius 1 is 1.00 bits per heavy atom. The molecule has 1 aromatic carbocycles. The Labute approximate surface area is 224 Å². The van der Waals surface area contributed by atoms with Crippen molar-refractivity contribution in [2.75, 3.05) is 62.4 Å². The summed E-state index contributed by atoms with van der Waals surface area (Å²) in [7, 11) is -3.51. The maximum atomic E-state index is 13.1. The summed E-state index contributed by atoms with van der Waals surface area (Å²) in [6.07, 6.45) is 9.82. The molecule has 1 saturated heterocycles. The van der Waals surface area contributed by atoms with Gasteiger partial charge < -0.3 is 15.4 Å². The summed E-state index contributed by atoms with van der Waals surface area (Å²) >= 11 is 0. The van der Waals surface area contributed by atoms with E-state index in [1.807, 2.05) is 0 Å². The lowest BCUT2D eigenvalue weighted by Gasteiger charge is -2.30. The molecule has 0 amide bonds. The van der Waals surface area contributed by atoms with Crippen LogP contribution in [0.5, 0.6) is 0 Å². The van der Waals surface area contributed by atoms with Crippen molar-refractivity contribution in [2.45, 2.75) is 57.4 Å². The van der Waals surface area contributed by atoms with Crippen LogP contribution in [0.4, 0.5) is 17.1 Å². The Kier molecular flexibility index (Phi) is 10.6. The molecule has 2 fully saturated rings. The number of rotatable bonds is 16. The molecule has 1 saturated carbocycles. The van der Waals surface area contributed by atoms with Crippen molar-refractivity contribution in [1.29, 1.82) is 0 Å². The van der Waals surface area contributed by atoms with Gasteiger partial charge >= 0.3 is 0 Å². The summed E-state index contributed by atoms with van der Waals surface area (Å²) in [4.78, 5) is 36.0. The SMILES string of the molecule is O=c1c(NCCCCCCS(=O)(=O)N(OCCN2CCOCC2)C2CCCC2)c(Nc2ccncc2)c1=O. The van der Waals surface area contributed by atoms with Crippen molar-refractivity contribution in [3.8, 4) is 0 Å². The smallest absolute Gasteiger partial charge is 0.253 e. The first-order valence-corrected chi connectivity index (χ1v) is 15.3. The molecule has 0 spiro atoms. The zero-order valence-electron chi connectivity index (χ0n) is 21.9. The molecule has 2 heterocycles. The molecule has 1 aliphatic carbocycles. The second-order valence-electron chi connectivity index (χ2n) is 9.91. The van der Waals surface area contributed by atoms with E-state index < -0.39 is 20.9 Å². The minimum Gasteiger partial charge on any atom is -0.380 e. The molecular weight excluding hydrogens is 510 g/mol. The maximum absolute atomic E-state index is 13.1. The van der Waals surface area contributed by atoms with Crippen molar-refractivity contribution in [3.63, 3.8) is 0 Å². The molecule has 210 valence electrons. The van der Waals surface area contributed by atoms with E-state index in [4.69, 9.17) is 9.57 Å². The van der Waals surface area contributed by atoms with Gasteiger partial charge in [-0.15, -0.1) is 0 Å². The molecule has 1 aromatic heterocycles. The Morgan fingerprint density at radius 3 is 2.42 bits per heavy atom. The van der Waals surface area contributed by atoms with Crippen LogP contribution >= 0.6 is 0 Å². The third kappa shape index (κ3) is 7.82. The summed E-state index contributed by atoms with van der Waals surface area (Å²) in [5.41, 5.74) is 0.207. The number of sulfonamides is 1. The highest BCUT2D eigenvalue weighted by Crippen LogP contribution is 2.27. The summed E-state index contributed by atoms with van der Waals surface area (Å²) in [6.45, 7) is 4.68. The fourth-order valence-corrected chi connectivity index (χ4v) is 6.59. The molecular formula is C26H39N5O6S. The third-order valence-corrected chi connectivity index (χ3v) is 8.87. The fraction of sp³-hybridized carbons (Fsp3) is 0.654. The van der Waals surface area contributed by atoms with Gasteiger partial charge in [-0.3, -0.25) is 24.3 Å². The number of nitrogens with zero attached hydrogens (tertiary/aromatic N) is 3. The molecule has 0 bridgehead atoms. The first kappa shape index (κ1) is 28.6. The van der Waals surface area contributed by atoms with E-state index in [0.717, 1.165) is 58.0 Å². The molecule has 38 heavy (non-hydrogen) atoms. The lowest BCUT2D eigenvalue weighted by molar-refractivity contribution is -0.118. The van der Waals surface area contributed by atoms with Crippen LogP contribution in [0.3, 0.4) is 0 Å². The molecule has 1 aliphatic heterocycles. The standard InChI is InChI=1S/C26H39N5O6S/c32-25-23(24(26(25)33)29-21-9-12-27-13-10-21)28-11-5-1-2-6-20-38(34,35)31(22-7-3-4-8-22)37-19-16-30-14-17-36-18-15-30/h9-10,12-13,22,28H,1-8,11,14-20H2,(H,27,29). The van der Waals surface area contributed by atoms with Gasteiger partial charge in [0.15, 0.2) is 0 Å². The van der Waals surface area contributed by atoms with Crippen LogP contribution in [-0.2, 0) is 19.6 Å². The van der Waals surface area contributed by atoms with Crippen molar-refractivity contribution in [2.24, 2.45) is 0 Å². The quantitative estimate of drug-likeness (QED) is 0.183. The van der Waals surface area contributed by atoms with Crippen molar-refractivity contribution >= 4 is 27.1 Å². The van der Waals surface area contributed by atoms with Crippen molar-refractivity contribution < 1.29 is 18.0 Å². The van der Waals surface area contributed by atoms with Crippen LogP contribution in [0, 0.1) is 0 Å². The number of nitrogens with one attached hydrogen (secondary N) is 2. The minimum absolute atomic E-state index is 0.0621. The zero-order chi connectivity index (χ0) is 26.8. The van der Waals surface area contributed by atoms with E-state index in [9.17, 15) is 18.0 Å². The number of hydroxylamine groups is 1. The molecule has 0 unspecified atom stereocenters. The predicted octanol–water partition coefficient (Wildman–Crippen LogP) is 2.23. The normalized spacial score (nSPS) is 17.4. The van der Waals surface area contributed by atoms with Crippen molar-refractivity contribution in [3.05, 3.63) is 45.0 Å². The zero-order valence-corrected chi connectivity index (χ0v) is 22.7. The Morgan fingerprint density at radius 2 is 1.68 bits per heavy atom. The molecule has 2 aliphatic rings. The van der Waals surface area contributed by atoms with E-state index in [1.54, 1.807) is 24.5 Å². The van der Waals surface area contributed by atoms with Gasteiger partial charge in [0, 0.05) is 44.3 Å². The largest absolute Gasteiger partial charge is 0.380 e. The number of hydrogen-bond donors (Lipinski definition) is 2. The van der Waals surface area contributed by atoms with E-state index in [2.05, 4.69) is 20.5 Å². The van der Waals surface area contributed by atoms with Gasteiger partial charge in [-0.25, -0.2) is 8.42 Å². The first-order chi connectivity index (χ1) is 18.5. The number of morpholine rings is 1. The Bertz CT molecular complexity index is 1170. The molecule has 12 heteroatoms. The van der Waals surface area contributed by atoms with Crippen LogP contribution in [0.1, 0.15) is 51.4 Å². The first-order valence-electron chi connectivity index (χ1n) is 13.6. The van der Waals surface area contributed by atoms with Gasteiger partial charge in [-0.2, -0.15) is 0 Å². The van der Waals surface area contributed by atoms with Gasteiger partial charge in [0.2, 0.25) is 10.0 Å². The summed E-state index contributed by atoms with van der Waals surface area (Å²) in [6, 6.07) is 3.37. The molecule has 2 aromatic rings. The highest BCUT2D eigenvalue weighted by atomic mass is 32.2. The highest BCUT2D eigenvalue weighted by Gasteiger charge is 2.33. The molecule has 2 N–H and O–H groups in total. The number of unbranched alkanes of at least 4 members (excludes halogenated alkanes) is 3. The monoisotopic (exact) mass is 549 g/mol. The minimum atomic E-state index is -3.51. The summed E-state index contributed by atoms with van der Waals surface area (Å²) in [5, 5.41) is 6.02. The van der Waals surface area contributed by atoms with Crippen LogP contribution < -0.4 is 21.5 Å². The number of anilines is 3. The third-order valence-electron chi connectivity index (χ3n) is 7.12. The van der Waals surface area contributed by atoms with Gasteiger partial charge in [-0.1, -0.05) is 30.2 Å². The van der Waals surface area contributed by atoms with E-state index >= 15 is 0 Å². The average molecular weight is 550 g/mol. The van der Waals surface area contributed by atoms with Crippen LogP contribution in [0.15, 0.2) is 34.1 Å². The number of aromatic nitrogens is 1. The predicted molar refractivity (Wildman–Crippen MR) is 147 cm³/mol. The number of hydrogen-bond acceptors (Lipinski definition) is 10. The topological polar surface area (TPSA) is 130 Å². The van der Waals surface area contributed by atoms with Gasteiger partial charge in [0.05, 0.1) is 31.6 Å². The fourth-order valence-electron chi connectivity index (χ4n) is 4.94. The number of ether oxygens (including phenoxy) is 1. The lowest BCUT2D eigenvalue weighted by atomic mass is 10.1. The molecule has 11 nitrogen and oxygen atoms in total. The highest BCUT2D eigenvalue weighted by molar-refractivity contribution is 7.88. The van der Waals surface area contributed by atoms with Crippen LogP contribution in [0.2, 0.25) is 0 Å². The Balaban J connectivity index is 1.16. The Hall–Kier alpha value is -2.38. The average Bonchev–Trinajstić information content (AvgIpc) is 3.47.